The first-order valence-corrected chi connectivity index (χ1v) is 6.24. The zero-order chi connectivity index (χ0) is 13.2. The number of nitrogens with zero attached hydrogens (tertiary/aromatic N) is 2. The van der Waals surface area contributed by atoms with E-state index in [9.17, 15) is 13.2 Å². The van der Waals surface area contributed by atoms with Crippen LogP contribution in [0.3, 0.4) is 0 Å². The van der Waals surface area contributed by atoms with Crippen molar-refractivity contribution in [3.05, 3.63) is 18.0 Å². The summed E-state index contributed by atoms with van der Waals surface area (Å²) in [6.07, 6.45) is 1.80. The van der Waals surface area contributed by atoms with Crippen LogP contribution in [0, 0.1) is 5.92 Å². The van der Waals surface area contributed by atoms with Crippen molar-refractivity contribution in [1.29, 1.82) is 0 Å². The fraction of sp³-hybridized carbons (Fsp3) is 0.750. The molecule has 0 aliphatic heterocycles. The molecule has 0 saturated heterocycles. The molecule has 102 valence electrons. The Bertz CT molecular complexity index is 386. The highest BCUT2D eigenvalue weighted by Crippen LogP contribution is 2.37. The van der Waals surface area contributed by atoms with Gasteiger partial charge in [0.05, 0.1) is 12.1 Å². The Morgan fingerprint density at radius 1 is 1.39 bits per heavy atom. The van der Waals surface area contributed by atoms with Crippen molar-refractivity contribution < 1.29 is 13.2 Å². The molecule has 0 radical (unpaired) electrons. The van der Waals surface area contributed by atoms with Crippen LogP contribution in [-0.2, 0) is 13.6 Å². The van der Waals surface area contributed by atoms with E-state index in [1.807, 2.05) is 6.20 Å². The van der Waals surface area contributed by atoms with Crippen LogP contribution >= 0.6 is 0 Å². The number of hydrogen-bond donors (Lipinski definition) is 1. The van der Waals surface area contributed by atoms with E-state index in [-0.39, 0.29) is 6.42 Å². The summed E-state index contributed by atoms with van der Waals surface area (Å²) in [7, 11) is 1.79. The van der Waals surface area contributed by atoms with Gasteiger partial charge in [0.2, 0.25) is 0 Å². The molecule has 1 heterocycles. The Hall–Kier alpha value is -1.04. The van der Waals surface area contributed by atoms with Gasteiger partial charge in [0.1, 0.15) is 0 Å². The van der Waals surface area contributed by atoms with Gasteiger partial charge in [0.15, 0.2) is 0 Å². The third-order valence-electron chi connectivity index (χ3n) is 3.51. The minimum Gasteiger partial charge on any atom is -0.309 e. The average Bonchev–Trinajstić information content (AvgIpc) is 2.72. The van der Waals surface area contributed by atoms with Gasteiger partial charge in [-0.1, -0.05) is 12.8 Å². The van der Waals surface area contributed by atoms with Crippen LogP contribution in [0.4, 0.5) is 13.2 Å². The molecule has 1 aromatic heterocycles. The van der Waals surface area contributed by atoms with Gasteiger partial charge in [0.25, 0.3) is 0 Å². The Balaban J connectivity index is 1.93. The minimum atomic E-state index is -4.09. The summed E-state index contributed by atoms with van der Waals surface area (Å²) < 4.78 is 40.2. The first kappa shape index (κ1) is 13.4. The van der Waals surface area contributed by atoms with E-state index in [1.54, 1.807) is 17.9 Å². The van der Waals surface area contributed by atoms with Gasteiger partial charge < -0.3 is 5.32 Å². The monoisotopic (exact) mass is 261 g/mol. The SMILES string of the molecule is Cn1cc(CNC2CCCCC2C(F)(F)F)cn1. The Morgan fingerprint density at radius 3 is 2.72 bits per heavy atom. The van der Waals surface area contributed by atoms with Crippen LogP contribution in [0.1, 0.15) is 31.2 Å². The molecule has 6 heteroatoms. The molecule has 1 N–H and O–H groups in total. The van der Waals surface area contributed by atoms with Crippen molar-refractivity contribution in [3.8, 4) is 0 Å². The van der Waals surface area contributed by atoms with E-state index in [0.717, 1.165) is 12.0 Å². The summed E-state index contributed by atoms with van der Waals surface area (Å²) in [4.78, 5) is 0. The predicted molar refractivity (Wildman–Crippen MR) is 61.8 cm³/mol. The van der Waals surface area contributed by atoms with Crippen LogP contribution in [0.2, 0.25) is 0 Å². The van der Waals surface area contributed by atoms with Gasteiger partial charge in [-0.15, -0.1) is 0 Å². The van der Waals surface area contributed by atoms with Crippen LogP contribution in [0.5, 0.6) is 0 Å². The lowest BCUT2D eigenvalue weighted by molar-refractivity contribution is -0.189. The van der Waals surface area contributed by atoms with E-state index in [4.69, 9.17) is 0 Å². The molecule has 0 aromatic carbocycles. The average molecular weight is 261 g/mol. The summed E-state index contributed by atoms with van der Waals surface area (Å²) in [5.41, 5.74) is 0.920. The number of hydrogen-bond acceptors (Lipinski definition) is 2. The molecular formula is C12H18F3N3. The largest absolute Gasteiger partial charge is 0.393 e. The van der Waals surface area contributed by atoms with Crippen molar-refractivity contribution in [2.45, 2.75) is 44.4 Å². The number of aryl methyl sites for hydroxylation is 1. The van der Waals surface area contributed by atoms with Gasteiger partial charge in [-0.05, 0) is 12.8 Å². The minimum absolute atomic E-state index is 0.244. The molecule has 0 spiro atoms. The standard InChI is InChI=1S/C12H18F3N3/c1-18-8-9(7-17-18)6-16-11-5-3-2-4-10(11)12(13,14)15/h7-8,10-11,16H,2-6H2,1H3. The van der Waals surface area contributed by atoms with Crippen molar-refractivity contribution in [2.24, 2.45) is 13.0 Å². The number of nitrogens with one attached hydrogen (secondary N) is 1. The van der Waals surface area contributed by atoms with Gasteiger partial charge in [-0.25, -0.2) is 0 Å². The highest BCUT2D eigenvalue weighted by molar-refractivity contribution is 5.03. The lowest BCUT2D eigenvalue weighted by atomic mass is 9.84. The quantitative estimate of drug-likeness (QED) is 0.906. The molecule has 1 saturated carbocycles. The van der Waals surface area contributed by atoms with Crippen LogP contribution < -0.4 is 5.32 Å². The first-order chi connectivity index (χ1) is 8.47. The third-order valence-corrected chi connectivity index (χ3v) is 3.51. The normalized spacial score (nSPS) is 25.3. The molecule has 1 fully saturated rings. The maximum atomic E-state index is 12.9. The second-order valence-corrected chi connectivity index (χ2v) is 4.94. The maximum Gasteiger partial charge on any atom is 0.393 e. The molecule has 1 aliphatic rings. The molecule has 18 heavy (non-hydrogen) atoms. The van der Waals surface area contributed by atoms with E-state index in [0.29, 0.717) is 19.4 Å². The molecule has 2 atom stereocenters. The smallest absolute Gasteiger partial charge is 0.309 e. The number of alkyl halides is 3. The third kappa shape index (κ3) is 3.25. The molecule has 1 aliphatic carbocycles. The predicted octanol–water partition coefficient (Wildman–Crippen LogP) is 2.63. The zero-order valence-electron chi connectivity index (χ0n) is 10.4. The van der Waals surface area contributed by atoms with Crippen molar-refractivity contribution in [1.82, 2.24) is 15.1 Å². The molecule has 0 amide bonds. The Labute approximate surface area is 104 Å². The van der Waals surface area contributed by atoms with Crippen molar-refractivity contribution >= 4 is 0 Å². The summed E-state index contributed by atoms with van der Waals surface area (Å²) >= 11 is 0. The second kappa shape index (κ2) is 5.30. The summed E-state index contributed by atoms with van der Waals surface area (Å²) in [5, 5.41) is 7.04. The molecule has 3 nitrogen and oxygen atoms in total. The fourth-order valence-corrected chi connectivity index (χ4v) is 2.58. The molecule has 2 rings (SSSR count). The van der Waals surface area contributed by atoms with Crippen LogP contribution in [0.25, 0.3) is 0 Å². The zero-order valence-corrected chi connectivity index (χ0v) is 10.4. The van der Waals surface area contributed by atoms with Crippen LogP contribution in [-0.4, -0.2) is 22.0 Å². The highest BCUT2D eigenvalue weighted by Gasteiger charge is 2.45. The second-order valence-electron chi connectivity index (χ2n) is 4.94. The van der Waals surface area contributed by atoms with E-state index >= 15 is 0 Å². The van der Waals surface area contributed by atoms with Gasteiger partial charge in [-0.3, -0.25) is 4.68 Å². The summed E-state index contributed by atoms with van der Waals surface area (Å²) in [5.74, 6) is -1.21. The van der Waals surface area contributed by atoms with Crippen molar-refractivity contribution in [3.63, 3.8) is 0 Å². The lowest BCUT2D eigenvalue weighted by Gasteiger charge is -2.33. The topological polar surface area (TPSA) is 29.9 Å². The number of halogens is 3. The van der Waals surface area contributed by atoms with E-state index < -0.39 is 18.1 Å². The molecule has 0 bridgehead atoms. The first-order valence-electron chi connectivity index (χ1n) is 6.24. The molecule has 2 unspecified atom stereocenters. The Morgan fingerprint density at radius 2 is 2.11 bits per heavy atom. The molecule has 1 aromatic rings. The van der Waals surface area contributed by atoms with Gasteiger partial charge in [0, 0.05) is 31.4 Å². The lowest BCUT2D eigenvalue weighted by Crippen LogP contribution is -2.45. The summed E-state index contributed by atoms with van der Waals surface area (Å²) in [6.45, 7) is 0.449. The van der Waals surface area contributed by atoms with Crippen LogP contribution in [0.15, 0.2) is 12.4 Å². The van der Waals surface area contributed by atoms with Gasteiger partial charge in [-0.2, -0.15) is 18.3 Å². The van der Waals surface area contributed by atoms with E-state index in [1.165, 1.54) is 0 Å². The summed E-state index contributed by atoms with van der Waals surface area (Å²) in [6, 6.07) is -0.459. The molecular weight excluding hydrogens is 243 g/mol. The number of aromatic nitrogens is 2. The fourth-order valence-electron chi connectivity index (χ4n) is 2.58. The number of rotatable bonds is 3. The Kier molecular flexibility index (Phi) is 3.94. The van der Waals surface area contributed by atoms with Crippen molar-refractivity contribution in [2.75, 3.05) is 0 Å². The van der Waals surface area contributed by atoms with Gasteiger partial charge >= 0.3 is 6.18 Å². The maximum absolute atomic E-state index is 12.9. The highest BCUT2D eigenvalue weighted by atomic mass is 19.4. The van der Waals surface area contributed by atoms with E-state index in [2.05, 4.69) is 10.4 Å².